The van der Waals surface area contributed by atoms with Crippen LogP contribution in [0.25, 0.3) is 0 Å². The number of hydrogen-bond donors (Lipinski definition) is 1. The Morgan fingerprint density at radius 1 is 1.10 bits per heavy atom. The first-order valence-electron chi connectivity index (χ1n) is 7.12. The Kier molecular flexibility index (Phi) is 7.54. The number of halogens is 1. The molecule has 0 saturated carbocycles. The third-order valence-corrected chi connectivity index (χ3v) is 3.00. The fraction of sp³-hybridized carbons (Fsp3) is 0.769. The van der Waals surface area contributed by atoms with E-state index in [1.807, 2.05) is 0 Å². The van der Waals surface area contributed by atoms with Crippen LogP contribution in [0.1, 0.15) is 26.7 Å². The molecule has 0 saturated heterocycles. The molecular formula is C13H25ClN6. The quantitative estimate of drug-likeness (QED) is 0.754. The Hall–Kier alpha value is -1.14. The van der Waals surface area contributed by atoms with Crippen molar-refractivity contribution in [1.82, 2.24) is 19.9 Å². The van der Waals surface area contributed by atoms with Gasteiger partial charge in [0.25, 0.3) is 0 Å². The molecule has 1 rings (SSSR count). The molecule has 0 spiro atoms. The van der Waals surface area contributed by atoms with Crippen LogP contribution in [0.2, 0.25) is 5.28 Å². The second-order valence-corrected chi connectivity index (χ2v) is 5.23. The van der Waals surface area contributed by atoms with Gasteiger partial charge in [-0.2, -0.15) is 15.0 Å². The summed E-state index contributed by atoms with van der Waals surface area (Å²) in [7, 11) is 4.14. The van der Waals surface area contributed by atoms with E-state index in [4.69, 9.17) is 11.6 Å². The lowest BCUT2D eigenvalue weighted by Gasteiger charge is -2.22. The summed E-state index contributed by atoms with van der Waals surface area (Å²) in [5.41, 5.74) is 0. The zero-order valence-corrected chi connectivity index (χ0v) is 13.6. The number of rotatable bonds is 9. The minimum Gasteiger partial charge on any atom is -0.354 e. The number of nitrogens with one attached hydrogen (secondary N) is 1. The van der Waals surface area contributed by atoms with Gasteiger partial charge in [-0.15, -0.1) is 0 Å². The third kappa shape index (κ3) is 5.88. The van der Waals surface area contributed by atoms with E-state index in [1.54, 1.807) is 0 Å². The largest absolute Gasteiger partial charge is 0.354 e. The molecule has 0 unspecified atom stereocenters. The average Bonchev–Trinajstić information content (AvgIpc) is 2.40. The summed E-state index contributed by atoms with van der Waals surface area (Å²) in [6.45, 7) is 7.80. The molecule has 0 fully saturated rings. The fourth-order valence-electron chi connectivity index (χ4n) is 1.77. The van der Waals surface area contributed by atoms with Gasteiger partial charge in [-0.25, -0.2) is 0 Å². The molecule has 0 aliphatic carbocycles. The summed E-state index contributed by atoms with van der Waals surface area (Å²) < 4.78 is 0. The molecule has 7 heteroatoms. The van der Waals surface area contributed by atoms with Gasteiger partial charge < -0.3 is 15.1 Å². The molecule has 20 heavy (non-hydrogen) atoms. The molecule has 1 N–H and O–H groups in total. The Labute approximate surface area is 126 Å². The van der Waals surface area contributed by atoms with Gasteiger partial charge in [0.15, 0.2) is 0 Å². The van der Waals surface area contributed by atoms with E-state index in [0.29, 0.717) is 11.9 Å². The van der Waals surface area contributed by atoms with Crippen molar-refractivity contribution in [1.29, 1.82) is 0 Å². The highest BCUT2D eigenvalue weighted by Crippen LogP contribution is 2.14. The van der Waals surface area contributed by atoms with Crippen molar-refractivity contribution in [2.45, 2.75) is 26.7 Å². The highest BCUT2D eigenvalue weighted by atomic mass is 35.5. The number of nitrogens with zero attached hydrogens (tertiary/aromatic N) is 5. The van der Waals surface area contributed by atoms with Crippen molar-refractivity contribution in [3.05, 3.63) is 5.28 Å². The lowest BCUT2D eigenvalue weighted by molar-refractivity contribution is 0.400. The van der Waals surface area contributed by atoms with Crippen LogP contribution in [0.15, 0.2) is 0 Å². The lowest BCUT2D eigenvalue weighted by atomic mass is 10.3. The van der Waals surface area contributed by atoms with Crippen LogP contribution in [-0.4, -0.2) is 60.1 Å². The number of aromatic nitrogens is 3. The van der Waals surface area contributed by atoms with Crippen molar-refractivity contribution in [2.24, 2.45) is 0 Å². The Morgan fingerprint density at radius 3 is 2.45 bits per heavy atom. The lowest BCUT2D eigenvalue weighted by Crippen LogP contribution is -2.29. The molecule has 1 aromatic rings. The second-order valence-electron chi connectivity index (χ2n) is 4.89. The second kappa shape index (κ2) is 8.92. The van der Waals surface area contributed by atoms with Gasteiger partial charge in [-0.05, 0) is 52.0 Å². The number of hydrogen-bond acceptors (Lipinski definition) is 6. The monoisotopic (exact) mass is 300 g/mol. The van der Waals surface area contributed by atoms with E-state index in [1.165, 1.54) is 0 Å². The van der Waals surface area contributed by atoms with Crippen molar-refractivity contribution in [2.75, 3.05) is 50.5 Å². The summed E-state index contributed by atoms with van der Waals surface area (Å²) in [5.74, 6) is 1.19. The Balaban J connectivity index is 2.72. The first-order chi connectivity index (χ1) is 9.56. The third-order valence-electron chi connectivity index (χ3n) is 2.83. The van der Waals surface area contributed by atoms with Crippen LogP contribution in [0, 0.1) is 0 Å². The van der Waals surface area contributed by atoms with Crippen LogP contribution in [0.4, 0.5) is 11.9 Å². The zero-order chi connectivity index (χ0) is 15.0. The van der Waals surface area contributed by atoms with Gasteiger partial charge in [0.05, 0.1) is 0 Å². The maximum atomic E-state index is 5.98. The van der Waals surface area contributed by atoms with Crippen molar-refractivity contribution in [3.8, 4) is 0 Å². The predicted molar refractivity (Wildman–Crippen MR) is 84.7 cm³/mol. The molecule has 0 aromatic carbocycles. The zero-order valence-electron chi connectivity index (χ0n) is 12.9. The van der Waals surface area contributed by atoms with E-state index >= 15 is 0 Å². The van der Waals surface area contributed by atoms with Crippen molar-refractivity contribution < 1.29 is 0 Å². The summed E-state index contributed by atoms with van der Waals surface area (Å²) in [5, 5.41) is 3.38. The number of anilines is 2. The molecule has 0 aliphatic rings. The molecule has 1 aromatic heterocycles. The van der Waals surface area contributed by atoms with E-state index in [9.17, 15) is 0 Å². The van der Waals surface area contributed by atoms with Gasteiger partial charge in [0.1, 0.15) is 0 Å². The van der Waals surface area contributed by atoms with Gasteiger partial charge in [-0.3, -0.25) is 0 Å². The summed E-state index contributed by atoms with van der Waals surface area (Å²) >= 11 is 5.98. The minimum atomic E-state index is 0.236. The predicted octanol–water partition coefficient (Wildman–Crippen LogP) is 2.12. The van der Waals surface area contributed by atoms with Crippen LogP contribution in [0.5, 0.6) is 0 Å². The first-order valence-corrected chi connectivity index (χ1v) is 7.49. The highest BCUT2D eigenvalue weighted by molar-refractivity contribution is 6.28. The summed E-state index contributed by atoms with van der Waals surface area (Å²) in [6.07, 6.45) is 2.07. The van der Waals surface area contributed by atoms with E-state index in [2.05, 4.69) is 58.0 Å². The molecule has 0 radical (unpaired) electrons. The maximum absolute atomic E-state index is 5.98. The van der Waals surface area contributed by atoms with Gasteiger partial charge >= 0.3 is 0 Å². The van der Waals surface area contributed by atoms with Gasteiger partial charge in [0, 0.05) is 19.6 Å². The van der Waals surface area contributed by atoms with Crippen molar-refractivity contribution >= 4 is 23.5 Å². The SMILES string of the molecule is CCCNc1nc(Cl)nc(N(CC)CCCN(C)C)n1. The smallest absolute Gasteiger partial charge is 0.231 e. The average molecular weight is 301 g/mol. The maximum Gasteiger partial charge on any atom is 0.231 e. The van der Waals surface area contributed by atoms with E-state index in [-0.39, 0.29) is 5.28 Å². The minimum absolute atomic E-state index is 0.236. The molecule has 0 amide bonds. The summed E-state index contributed by atoms with van der Waals surface area (Å²) in [4.78, 5) is 17.0. The van der Waals surface area contributed by atoms with Crippen LogP contribution < -0.4 is 10.2 Å². The standard InChI is InChI=1S/C13H25ClN6/c1-5-8-15-12-16-11(14)17-13(18-12)20(6-2)10-7-9-19(3)4/h5-10H2,1-4H3,(H,15,16,17,18). The van der Waals surface area contributed by atoms with E-state index in [0.717, 1.165) is 39.0 Å². The normalized spacial score (nSPS) is 10.9. The van der Waals surface area contributed by atoms with Crippen molar-refractivity contribution in [3.63, 3.8) is 0 Å². The highest BCUT2D eigenvalue weighted by Gasteiger charge is 2.11. The van der Waals surface area contributed by atoms with Gasteiger partial charge in [-0.1, -0.05) is 6.92 Å². The Morgan fingerprint density at radius 2 is 1.85 bits per heavy atom. The molecule has 0 bridgehead atoms. The van der Waals surface area contributed by atoms with Crippen LogP contribution in [0.3, 0.4) is 0 Å². The molecule has 0 aliphatic heterocycles. The van der Waals surface area contributed by atoms with Crippen LogP contribution in [-0.2, 0) is 0 Å². The molecule has 1 heterocycles. The van der Waals surface area contributed by atoms with E-state index < -0.39 is 0 Å². The molecular weight excluding hydrogens is 276 g/mol. The molecule has 6 nitrogen and oxygen atoms in total. The fourth-order valence-corrected chi connectivity index (χ4v) is 1.93. The topological polar surface area (TPSA) is 57.2 Å². The van der Waals surface area contributed by atoms with Crippen LogP contribution >= 0.6 is 11.6 Å². The Bertz CT molecular complexity index is 398. The summed E-state index contributed by atoms with van der Waals surface area (Å²) in [6, 6.07) is 0. The van der Waals surface area contributed by atoms with Gasteiger partial charge in [0.2, 0.25) is 17.2 Å². The first kappa shape index (κ1) is 16.9. The molecule has 0 atom stereocenters. The molecule has 114 valence electrons.